The molecule has 0 aliphatic rings. The second-order valence-corrected chi connectivity index (χ2v) is 5.76. The Morgan fingerprint density at radius 1 is 0.840 bits per heavy atom. The summed E-state index contributed by atoms with van der Waals surface area (Å²) in [7, 11) is 0. The van der Waals surface area contributed by atoms with E-state index in [-0.39, 0.29) is 0 Å². The molecule has 0 saturated carbocycles. The zero-order chi connectivity index (χ0) is 16.9. The van der Waals surface area contributed by atoms with E-state index < -0.39 is 0 Å². The molecule has 0 spiro atoms. The molecule has 0 atom stereocenters. The smallest absolute Gasteiger partial charge is 0.134 e. The van der Waals surface area contributed by atoms with Crippen LogP contribution in [0.1, 0.15) is 11.4 Å². The number of benzene rings is 3. The number of nitrogens with one attached hydrogen (secondary N) is 1. The molecule has 4 aromatic rings. The summed E-state index contributed by atoms with van der Waals surface area (Å²) in [5.41, 5.74) is 3.11. The van der Waals surface area contributed by atoms with Gasteiger partial charge in [0.1, 0.15) is 17.3 Å². The molecule has 3 heteroatoms. The van der Waals surface area contributed by atoms with Crippen LogP contribution in [-0.4, -0.2) is 9.97 Å². The van der Waals surface area contributed by atoms with E-state index in [0.29, 0.717) is 0 Å². The van der Waals surface area contributed by atoms with E-state index in [1.165, 1.54) is 0 Å². The van der Waals surface area contributed by atoms with Gasteiger partial charge < -0.3 is 9.72 Å². The van der Waals surface area contributed by atoms with E-state index in [2.05, 4.69) is 22.1 Å². The molecule has 3 aromatic carbocycles. The third-order valence-electron chi connectivity index (χ3n) is 3.94. The number of aromatic amines is 1. The standard InChI is InChI=1S/C22H18N2O/c1-2-11-18(12-3-1)25-21-15-7-4-9-17(21)10-8-16-22-23-19-13-5-6-14-20(19)24-22/h1-15H,16H2,(H,23,24). The number of imidazole rings is 1. The summed E-state index contributed by atoms with van der Waals surface area (Å²) < 4.78 is 5.99. The lowest BCUT2D eigenvalue weighted by Gasteiger charge is -2.08. The molecule has 3 nitrogen and oxygen atoms in total. The maximum absolute atomic E-state index is 5.99. The average Bonchev–Trinajstić information content (AvgIpc) is 3.07. The fourth-order valence-electron chi connectivity index (χ4n) is 2.73. The van der Waals surface area contributed by atoms with Gasteiger partial charge in [-0.05, 0) is 30.3 Å². The Hall–Kier alpha value is -3.33. The van der Waals surface area contributed by atoms with Crippen LogP contribution in [0.15, 0.2) is 84.9 Å². The van der Waals surface area contributed by atoms with Gasteiger partial charge in [0.25, 0.3) is 0 Å². The van der Waals surface area contributed by atoms with E-state index in [1.807, 2.05) is 78.9 Å². The van der Waals surface area contributed by atoms with E-state index in [9.17, 15) is 0 Å². The minimum Gasteiger partial charge on any atom is -0.457 e. The van der Waals surface area contributed by atoms with Gasteiger partial charge in [-0.25, -0.2) is 4.98 Å². The van der Waals surface area contributed by atoms with Crippen molar-refractivity contribution >= 4 is 17.1 Å². The fraction of sp³-hybridized carbons (Fsp3) is 0.0455. The lowest BCUT2D eigenvalue weighted by molar-refractivity contribution is 0.481. The first-order valence-electron chi connectivity index (χ1n) is 8.30. The maximum Gasteiger partial charge on any atom is 0.134 e. The third-order valence-corrected chi connectivity index (χ3v) is 3.94. The predicted molar refractivity (Wildman–Crippen MR) is 102 cm³/mol. The number of rotatable bonds is 5. The number of hydrogen-bond acceptors (Lipinski definition) is 2. The van der Waals surface area contributed by atoms with Gasteiger partial charge in [-0.1, -0.05) is 60.7 Å². The van der Waals surface area contributed by atoms with Gasteiger partial charge in [0.15, 0.2) is 0 Å². The second kappa shape index (κ2) is 7.05. The molecule has 1 heterocycles. The predicted octanol–water partition coefficient (Wildman–Crippen LogP) is 5.61. The second-order valence-electron chi connectivity index (χ2n) is 5.76. The van der Waals surface area contributed by atoms with Gasteiger partial charge in [-0.3, -0.25) is 0 Å². The molecule has 0 amide bonds. The molecule has 0 fully saturated rings. The van der Waals surface area contributed by atoms with Crippen molar-refractivity contribution in [1.82, 2.24) is 9.97 Å². The lowest BCUT2D eigenvalue weighted by Crippen LogP contribution is -1.87. The Kier molecular flexibility index (Phi) is 4.29. The minimum atomic E-state index is 0.744. The van der Waals surface area contributed by atoms with Crippen molar-refractivity contribution in [3.8, 4) is 11.5 Å². The summed E-state index contributed by atoms with van der Waals surface area (Å²) in [6, 6.07) is 25.9. The number of fused-ring (bicyclic) bond motifs is 1. The van der Waals surface area contributed by atoms with Gasteiger partial charge in [-0.15, -0.1) is 0 Å². The number of ether oxygens (including phenoxy) is 1. The van der Waals surface area contributed by atoms with E-state index in [1.54, 1.807) is 0 Å². The third kappa shape index (κ3) is 3.61. The summed E-state index contributed by atoms with van der Waals surface area (Å²) in [6.45, 7) is 0. The fourth-order valence-corrected chi connectivity index (χ4v) is 2.73. The maximum atomic E-state index is 5.99. The van der Waals surface area contributed by atoms with Crippen LogP contribution in [0.3, 0.4) is 0 Å². The molecule has 0 aliphatic carbocycles. The summed E-state index contributed by atoms with van der Waals surface area (Å²) in [4.78, 5) is 7.94. The number of para-hydroxylation sites is 4. The first-order valence-corrected chi connectivity index (χ1v) is 8.30. The highest BCUT2D eigenvalue weighted by atomic mass is 16.5. The average molecular weight is 326 g/mol. The van der Waals surface area contributed by atoms with Crippen molar-refractivity contribution in [1.29, 1.82) is 0 Å². The largest absolute Gasteiger partial charge is 0.457 e. The first kappa shape index (κ1) is 15.2. The molecule has 1 N–H and O–H groups in total. The van der Waals surface area contributed by atoms with Crippen LogP contribution in [0, 0.1) is 0 Å². The van der Waals surface area contributed by atoms with Crippen LogP contribution in [0.4, 0.5) is 0 Å². The van der Waals surface area contributed by atoms with Gasteiger partial charge >= 0.3 is 0 Å². The van der Waals surface area contributed by atoms with E-state index in [4.69, 9.17) is 4.74 Å². The van der Waals surface area contributed by atoms with Crippen LogP contribution in [0.5, 0.6) is 11.5 Å². The quantitative estimate of drug-likeness (QED) is 0.517. The zero-order valence-corrected chi connectivity index (χ0v) is 13.7. The van der Waals surface area contributed by atoms with Crippen molar-refractivity contribution in [3.05, 3.63) is 96.3 Å². The zero-order valence-electron chi connectivity index (χ0n) is 13.7. The van der Waals surface area contributed by atoms with Gasteiger partial charge in [0.05, 0.1) is 11.0 Å². The number of nitrogens with zero attached hydrogens (tertiary/aromatic N) is 1. The van der Waals surface area contributed by atoms with E-state index >= 15 is 0 Å². The van der Waals surface area contributed by atoms with Crippen molar-refractivity contribution in [3.63, 3.8) is 0 Å². The summed E-state index contributed by atoms with van der Waals surface area (Å²) in [6.07, 6.45) is 4.92. The highest BCUT2D eigenvalue weighted by Gasteiger charge is 2.02. The Balaban J connectivity index is 1.51. The molecule has 1 aromatic heterocycles. The Bertz CT molecular complexity index is 970. The minimum absolute atomic E-state index is 0.744. The van der Waals surface area contributed by atoms with Gasteiger partial charge in [-0.2, -0.15) is 0 Å². The van der Waals surface area contributed by atoms with Crippen LogP contribution >= 0.6 is 0 Å². The molecule has 122 valence electrons. The number of hydrogen-bond donors (Lipinski definition) is 1. The number of allylic oxidation sites excluding steroid dienone is 1. The van der Waals surface area contributed by atoms with Crippen LogP contribution < -0.4 is 4.74 Å². The first-order chi connectivity index (χ1) is 12.4. The molecule has 4 rings (SSSR count). The SMILES string of the molecule is C(=Cc1ccccc1Oc1ccccc1)Cc1nc2ccccc2[nH]1. The Morgan fingerprint density at radius 3 is 2.48 bits per heavy atom. The van der Waals surface area contributed by atoms with Crippen molar-refractivity contribution < 1.29 is 4.74 Å². The van der Waals surface area contributed by atoms with Crippen LogP contribution in [0.25, 0.3) is 17.1 Å². The monoisotopic (exact) mass is 326 g/mol. The molecule has 0 radical (unpaired) electrons. The van der Waals surface area contributed by atoms with Crippen molar-refractivity contribution in [2.75, 3.05) is 0 Å². The van der Waals surface area contributed by atoms with Crippen molar-refractivity contribution in [2.45, 2.75) is 6.42 Å². The van der Waals surface area contributed by atoms with Crippen LogP contribution in [0.2, 0.25) is 0 Å². The van der Waals surface area contributed by atoms with Gasteiger partial charge in [0.2, 0.25) is 0 Å². The molecular formula is C22H18N2O. The molecule has 0 aliphatic heterocycles. The highest BCUT2D eigenvalue weighted by Crippen LogP contribution is 2.26. The Labute approximate surface area is 146 Å². The van der Waals surface area contributed by atoms with Crippen LogP contribution in [-0.2, 0) is 6.42 Å². The summed E-state index contributed by atoms with van der Waals surface area (Å²) in [5, 5.41) is 0. The molecule has 25 heavy (non-hydrogen) atoms. The molecule has 0 unspecified atom stereocenters. The van der Waals surface area contributed by atoms with E-state index in [0.717, 1.165) is 40.3 Å². The summed E-state index contributed by atoms with van der Waals surface area (Å²) in [5.74, 6) is 2.63. The molecule has 0 bridgehead atoms. The van der Waals surface area contributed by atoms with Crippen molar-refractivity contribution in [2.24, 2.45) is 0 Å². The highest BCUT2D eigenvalue weighted by molar-refractivity contribution is 5.74. The lowest BCUT2D eigenvalue weighted by atomic mass is 10.1. The molecular weight excluding hydrogens is 308 g/mol. The Morgan fingerprint density at radius 2 is 1.60 bits per heavy atom. The normalized spacial score (nSPS) is 11.2. The number of aromatic nitrogens is 2. The summed E-state index contributed by atoms with van der Waals surface area (Å²) >= 11 is 0. The molecule has 0 saturated heterocycles. The van der Waals surface area contributed by atoms with Gasteiger partial charge in [0, 0.05) is 12.0 Å². The topological polar surface area (TPSA) is 37.9 Å². The number of H-pyrrole nitrogens is 1.